The predicted octanol–water partition coefficient (Wildman–Crippen LogP) is 5.85. The third-order valence-electron chi connectivity index (χ3n) is 3.71. The number of esters is 1. The number of benzene rings is 2. The van der Waals surface area contributed by atoms with Crippen molar-refractivity contribution in [2.24, 2.45) is 4.99 Å². The van der Waals surface area contributed by atoms with Gasteiger partial charge in [-0.1, -0.05) is 11.6 Å². The maximum Gasteiger partial charge on any atom is 0.363 e. The number of rotatable bonds is 6. The summed E-state index contributed by atoms with van der Waals surface area (Å²) in [6.07, 6.45) is 1.61. The van der Waals surface area contributed by atoms with E-state index in [-0.39, 0.29) is 11.6 Å². The lowest BCUT2D eigenvalue weighted by Crippen LogP contribution is -2.05. The lowest BCUT2D eigenvalue weighted by atomic mass is 10.1. The zero-order chi connectivity index (χ0) is 20.3. The van der Waals surface area contributed by atoms with Crippen molar-refractivity contribution in [2.75, 3.05) is 13.2 Å². The van der Waals surface area contributed by atoms with Crippen molar-refractivity contribution < 1.29 is 19.0 Å². The van der Waals surface area contributed by atoms with Gasteiger partial charge < -0.3 is 14.2 Å². The second-order valence-corrected chi connectivity index (χ2v) is 8.08. The van der Waals surface area contributed by atoms with Crippen LogP contribution in [0.25, 0.3) is 6.08 Å². The minimum atomic E-state index is -0.521. The summed E-state index contributed by atoms with van der Waals surface area (Å²) < 4.78 is 18.5. The number of cyclic esters (lactones) is 1. The fourth-order valence-corrected chi connectivity index (χ4v) is 3.53. The molecule has 0 bridgehead atoms. The molecule has 0 unspecified atom stereocenters. The van der Waals surface area contributed by atoms with Gasteiger partial charge in [0.2, 0.25) is 5.90 Å². The second-order valence-electron chi connectivity index (χ2n) is 5.66. The fourth-order valence-electron chi connectivity index (χ4n) is 2.54. The molecule has 0 aromatic heterocycles. The van der Waals surface area contributed by atoms with E-state index in [1.807, 2.05) is 32.0 Å². The highest BCUT2D eigenvalue weighted by molar-refractivity contribution is 14.1. The van der Waals surface area contributed by atoms with E-state index in [1.165, 1.54) is 0 Å². The molecule has 0 N–H and O–H groups in total. The summed E-state index contributed by atoms with van der Waals surface area (Å²) in [6, 6.07) is 9.08. The Bertz CT molecular complexity index is 990. The van der Waals surface area contributed by atoms with E-state index in [9.17, 15) is 4.79 Å². The molecule has 0 aliphatic carbocycles. The highest BCUT2D eigenvalue weighted by atomic mass is 127. The van der Waals surface area contributed by atoms with Gasteiger partial charge in [0.15, 0.2) is 17.2 Å². The van der Waals surface area contributed by atoms with Gasteiger partial charge >= 0.3 is 5.97 Å². The van der Waals surface area contributed by atoms with Gasteiger partial charge in [0.1, 0.15) is 0 Å². The van der Waals surface area contributed by atoms with Gasteiger partial charge in [-0.3, -0.25) is 0 Å². The van der Waals surface area contributed by atoms with Gasteiger partial charge in [-0.15, -0.1) is 0 Å². The number of carbonyl (C=O) groups excluding carboxylic acids is 1. The van der Waals surface area contributed by atoms with Crippen molar-refractivity contribution in [2.45, 2.75) is 13.8 Å². The summed E-state index contributed by atoms with van der Waals surface area (Å²) in [5.41, 5.74) is 1.56. The van der Waals surface area contributed by atoms with Crippen LogP contribution in [0.1, 0.15) is 25.0 Å². The molecule has 0 atom stereocenters. The van der Waals surface area contributed by atoms with Crippen molar-refractivity contribution in [1.29, 1.82) is 0 Å². The van der Waals surface area contributed by atoms with Gasteiger partial charge in [-0.05, 0) is 94.3 Å². The average Bonchev–Trinajstić information content (AvgIpc) is 3.01. The van der Waals surface area contributed by atoms with Crippen LogP contribution in [0, 0.1) is 3.57 Å². The van der Waals surface area contributed by atoms with E-state index in [4.69, 9.17) is 25.8 Å². The number of aliphatic imine (C=N–C) groups is 1. The van der Waals surface area contributed by atoms with Crippen LogP contribution < -0.4 is 9.47 Å². The van der Waals surface area contributed by atoms with Crippen LogP contribution in [-0.4, -0.2) is 25.1 Å². The SMILES string of the molecule is CCOc1cc(/C=C2\N=C(c3ccc(I)c(Br)c3)OC2=O)cc(Cl)c1OCC. The molecule has 5 nitrogen and oxygen atoms in total. The lowest BCUT2D eigenvalue weighted by molar-refractivity contribution is -0.129. The number of hydrogen-bond donors (Lipinski definition) is 0. The Balaban J connectivity index is 1.97. The minimum Gasteiger partial charge on any atom is -0.490 e. The van der Waals surface area contributed by atoms with Crippen LogP contribution in [0.4, 0.5) is 0 Å². The summed E-state index contributed by atoms with van der Waals surface area (Å²) in [4.78, 5) is 16.6. The Morgan fingerprint density at radius 2 is 1.96 bits per heavy atom. The minimum absolute atomic E-state index is 0.187. The topological polar surface area (TPSA) is 57.1 Å². The summed E-state index contributed by atoms with van der Waals surface area (Å²) in [7, 11) is 0. The summed E-state index contributed by atoms with van der Waals surface area (Å²) >= 11 is 12.0. The van der Waals surface area contributed by atoms with Gasteiger partial charge in [0.05, 0.1) is 18.2 Å². The van der Waals surface area contributed by atoms with E-state index in [0.717, 1.165) is 8.04 Å². The second kappa shape index (κ2) is 9.28. The molecular weight excluding hydrogens is 560 g/mol. The first-order chi connectivity index (χ1) is 13.4. The highest BCUT2D eigenvalue weighted by Gasteiger charge is 2.25. The van der Waals surface area contributed by atoms with Crippen molar-refractivity contribution in [1.82, 2.24) is 0 Å². The van der Waals surface area contributed by atoms with E-state index in [2.05, 4.69) is 43.5 Å². The predicted molar refractivity (Wildman–Crippen MR) is 121 cm³/mol. The van der Waals surface area contributed by atoms with Gasteiger partial charge in [0, 0.05) is 13.6 Å². The van der Waals surface area contributed by atoms with E-state index < -0.39 is 5.97 Å². The molecule has 3 rings (SSSR count). The smallest absolute Gasteiger partial charge is 0.363 e. The zero-order valence-electron chi connectivity index (χ0n) is 15.1. The largest absolute Gasteiger partial charge is 0.490 e. The van der Waals surface area contributed by atoms with Gasteiger partial charge in [-0.25, -0.2) is 9.79 Å². The Morgan fingerprint density at radius 1 is 1.21 bits per heavy atom. The molecule has 28 heavy (non-hydrogen) atoms. The molecule has 0 spiro atoms. The van der Waals surface area contributed by atoms with Crippen LogP contribution in [0.2, 0.25) is 5.02 Å². The number of hydrogen-bond acceptors (Lipinski definition) is 5. The molecule has 2 aromatic carbocycles. The summed E-state index contributed by atoms with van der Waals surface area (Å²) in [5.74, 6) is 0.735. The first-order valence-electron chi connectivity index (χ1n) is 8.50. The van der Waals surface area contributed by atoms with Crippen molar-refractivity contribution in [3.8, 4) is 11.5 Å². The van der Waals surface area contributed by atoms with Crippen LogP contribution in [0.5, 0.6) is 11.5 Å². The highest BCUT2D eigenvalue weighted by Crippen LogP contribution is 2.37. The normalized spacial score (nSPS) is 14.8. The van der Waals surface area contributed by atoms with Crippen molar-refractivity contribution in [3.63, 3.8) is 0 Å². The quantitative estimate of drug-likeness (QED) is 0.246. The molecule has 2 aromatic rings. The van der Waals surface area contributed by atoms with Crippen LogP contribution >= 0.6 is 50.1 Å². The Kier molecular flexibility index (Phi) is 7.00. The number of carbonyl (C=O) groups is 1. The Hall–Kier alpha value is -1.58. The molecule has 0 radical (unpaired) electrons. The zero-order valence-corrected chi connectivity index (χ0v) is 19.6. The lowest BCUT2D eigenvalue weighted by Gasteiger charge is -2.13. The fraction of sp³-hybridized carbons (Fsp3) is 0.200. The Morgan fingerprint density at radius 3 is 2.64 bits per heavy atom. The first-order valence-corrected chi connectivity index (χ1v) is 10.7. The first kappa shape index (κ1) is 21.1. The molecule has 0 amide bonds. The average molecular weight is 577 g/mol. The number of halogens is 3. The molecular formula is C20H16BrClINO4. The van der Waals surface area contributed by atoms with Crippen LogP contribution in [0.15, 0.2) is 45.5 Å². The van der Waals surface area contributed by atoms with E-state index >= 15 is 0 Å². The number of nitrogens with zero attached hydrogens (tertiary/aromatic N) is 1. The van der Waals surface area contributed by atoms with Gasteiger partial charge in [0.25, 0.3) is 0 Å². The molecule has 0 saturated carbocycles. The summed E-state index contributed by atoms with van der Waals surface area (Å²) in [6.45, 7) is 4.67. The standard InChI is InChI=1S/C20H16BrClINO4/c1-3-26-17-9-11(7-14(22)18(17)27-4-2)8-16-20(25)28-19(24-16)12-5-6-15(23)13(21)10-12/h5-10H,3-4H2,1-2H3/b16-8-. The molecule has 8 heteroatoms. The van der Waals surface area contributed by atoms with Crippen LogP contribution in [0.3, 0.4) is 0 Å². The maximum absolute atomic E-state index is 12.3. The number of ether oxygens (including phenoxy) is 3. The summed E-state index contributed by atoms with van der Waals surface area (Å²) in [5, 5.41) is 0.400. The molecule has 146 valence electrons. The van der Waals surface area contributed by atoms with Gasteiger partial charge in [-0.2, -0.15) is 0 Å². The Labute approximate surface area is 190 Å². The molecule has 0 saturated heterocycles. The monoisotopic (exact) mass is 575 g/mol. The third kappa shape index (κ3) is 4.69. The molecule has 0 fully saturated rings. The van der Waals surface area contributed by atoms with E-state index in [1.54, 1.807) is 18.2 Å². The molecule has 1 heterocycles. The van der Waals surface area contributed by atoms with Crippen molar-refractivity contribution in [3.05, 3.63) is 60.2 Å². The maximum atomic E-state index is 12.3. The van der Waals surface area contributed by atoms with Crippen LogP contribution in [-0.2, 0) is 9.53 Å². The molecule has 1 aliphatic heterocycles. The van der Waals surface area contributed by atoms with E-state index in [0.29, 0.717) is 40.9 Å². The molecule has 1 aliphatic rings. The van der Waals surface area contributed by atoms with Crippen molar-refractivity contribution >= 4 is 68.1 Å². The third-order valence-corrected chi connectivity index (χ3v) is 6.33.